The average molecular weight is 378 g/mol. The number of halogens is 3. The van der Waals surface area contributed by atoms with Gasteiger partial charge in [0.15, 0.2) is 0 Å². The van der Waals surface area contributed by atoms with Crippen molar-refractivity contribution in [2.75, 3.05) is 18.4 Å². The van der Waals surface area contributed by atoms with E-state index in [0.29, 0.717) is 18.7 Å². The molecule has 144 valence electrons. The summed E-state index contributed by atoms with van der Waals surface area (Å²) in [5.74, 6) is 0. The highest BCUT2D eigenvalue weighted by Gasteiger charge is 2.30. The zero-order chi connectivity index (χ0) is 19.3. The SMILES string of the molecule is O=C(Nc1ccccc1)N1CCCC(OCc2ccc(C(F)(F)F)cc2)C1. The minimum absolute atomic E-state index is 0.137. The number of nitrogens with zero attached hydrogens (tertiary/aromatic N) is 1. The van der Waals surface area contributed by atoms with Gasteiger partial charge in [0.2, 0.25) is 0 Å². The van der Waals surface area contributed by atoms with Gasteiger partial charge in [-0.05, 0) is 42.7 Å². The lowest BCUT2D eigenvalue weighted by Crippen LogP contribution is -2.45. The number of benzene rings is 2. The number of amides is 2. The van der Waals surface area contributed by atoms with Crippen LogP contribution in [0.5, 0.6) is 0 Å². The van der Waals surface area contributed by atoms with Crippen LogP contribution in [0.1, 0.15) is 24.0 Å². The number of rotatable bonds is 4. The summed E-state index contributed by atoms with van der Waals surface area (Å²) in [6, 6.07) is 14.0. The van der Waals surface area contributed by atoms with E-state index in [2.05, 4.69) is 5.32 Å². The standard InChI is InChI=1S/C20H21F3N2O2/c21-20(22,23)16-10-8-15(9-11-16)14-27-18-7-4-12-25(13-18)19(26)24-17-5-2-1-3-6-17/h1-3,5-6,8-11,18H,4,7,12-14H2,(H,24,26). The minimum atomic E-state index is -4.34. The second-order valence-electron chi connectivity index (χ2n) is 6.51. The van der Waals surface area contributed by atoms with Crippen LogP contribution in [-0.2, 0) is 17.5 Å². The Morgan fingerprint density at radius 3 is 2.48 bits per heavy atom. The molecule has 3 rings (SSSR count). The molecular weight excluding hydrogens is 357 g/mol. The second-order valence-corrected chi connectivity index (χ2v) is 6.51. The highest BCUT2D eigenvalue weighted by Crippen LogP contribution is 2.29. The van der Waals surface area contributed by atoms with Gasteiger partial charge >= 0.3 is 12.2 Å². The molecule has 27 heavy (non-hydrogen) atoms. The molecule has 1 aliphatic heterocycles. The predicted molar refractivity (Wildman–Crippen MR) is 96.3 cm³/mol. The number of ether oxygens (including phenoxy) is 1. The summed E-state index contributed by atoms with van der Waals surface area (Å²) in [5.41, 5.74) is 0.733. The van der Waals surface area contributed by atoms with Crippen LogP contribution in [-0.4, -0.2) is 30.1 Å². The van der Waals surface area contributed by atoms with Crippen LogP contribution in [0.2, 0.25) is 0 Å². The molecule has 1 fully saturated rings. The molecule has 2 amide bonds. The Balaban J connectivity index is 1.50. The van der Waals surface area contributed by atoms with Gasteiger partial charge in [-0.15, -0.1) is 0 Å². The lowest BCUT2D eigenvalue weighted by atomic mass is 10.1. The second kappa shape index (κ2) is 8.43. The topological polar surface area (TPSA) is 41.6 Å². The number of alkyl halides is 3. The van der Waals surface area contributed by atoms with Gasteiger partial charge in [0.05, 0.1) is 18.3 Å². The van der Waals surface area contributed by atoms with Crippen LogP contribution in [0, 0.1) is 0 Å². The summed E-state index contributed by atoms with van der Waals surface area (Å²) >= 11 is 0. The van der Waals surface area contributed by atoms with Crippen molar-refractivity contribution in [3.63, 3.8) is 0 Å². The van der Waals surface area contributed by atoms with Crippen molar-refractivity contribution in [2.45, 2.75) is 31.7 Å². The van der Waals surface area contributed by atoms with Crippen molar-refractivity contribution in [3.8, 4) is 0 Å². The van der Waals surface area contributed by atoms with E-state index in [-0.39, 0.29) is 18.7 Å². The highest BCUT2D eigenvalue weighted by atomic mass is 19.4. The van der Waals surface area contributed by atoms with E-state index in [1.54, 1.807) is 4.90 Å². The van der Waals surface area contributed by atoms with Crippen LogP contribution in [0.3, 0.4) is 0 Å². The number of anilines is 1. The number of nitrogens with one attached hydrogen (secondary N) is 1. The van der Waals surface area contributed by atoms with E-state index < -0.39 is 11.7 Å². The van der Waals surface area contributed by atoms with Crippen molar-refractivity contribution in [1.29, 1.82) is 0 Å². The van der Waals surface area contributed by atoms with Crippen LogP contribution in [0.25, 0.3) is 0 Å². The summed E-state index contributed by atoms with van der Waals surface area (Å²) in [6.07, 6.45) is -2.84. The summed E-state index contributed by atoms with van der Waals surface area (Å²) in [5, 5.41) is 2.85. The van der Waals surface area contributed by atoms with Crippen LogP contribution in [0.4, 0.5) is 23.7 Å². The molecular formula is C20H21F3N2O2. The predicted octanol–water partition coefficient (Wildman–Crippen LogP) is 4.92. The Morgan fingerprint density at radius 2 is 1.81 bits per heavy atom. The summed E-state index contributed by atoms with van der Waals surface area (Å²) in [4.78, 5) is 14.1. The maximum Gasteiger partial charge on any atom is 0.416 e. The molecule has 1 unspecified atom stereocenters. The smallest absolute Gasteiger partial charge is 0.372 e. The molecule has 0 saturated carbocycles. The normalized spacial score (nSPS) is 17.6. The zero-order valence-corrected chi connectivity index (χ0v) is 14.7. The van der Waals surface area contributed by atoms with E-state index in [1.807, 2.05) is 30.3 Å². The van der Waals surface area contributed by atoms with E-state index in [1.165, 1.54) is 12.1 Å². The fourth-order valence-corrected chi connectivity index (χ4v) is 2.99. The first-order valence-electron chi connectivity index (χ1n) is 8.80. The number of piperidine rings is 1. The van der Waals surface area contributed by atoms with Crippen LogP contribution < -0.4 is 5.32 Å². The number of para-hydroxylation sites is 1. The van der Waals surface area contributed by atoms with E-state index >= 15 is 0 Å². The van der Waals surface area contributed by atoms with E-state index in [9.17, 15) is 18.0 Å². The molecule has 1 N–H and O–H groups in total. The number of likely N-dealkylation sites (tertiary alicyclic amines) is 1. The Hall–Kier alpha value is -2.54. The number of hydrogen-bond donors (Lipinski definition) is 1. The first kappa shape index (κ1) is 19.2. The Morgan fingerprint density at radius 1 is 1.11 bits per heavy atom. The molecule has 7 heteroatoms. The number of carbonyl (C=O) groups excluding carboxylic acids is 1. The number of hydrogen-bond acceptors (Lipinski definition) is 2. The van der Waals surface area contributed by atoms with Gasteiger partial charge in [-0.1, -0.05) is 30.3 Å². The fourth-order valence-electron chi connectivity index (χ4n) is 2.99. The lowest BCUT2D eigenvalue weighted by Gasteiger charge is -2.32. The minimum Gasteiger partial charge on any atom is -0.372 e. The monoisotopic (exact) mass is 378 g/mol. The first-order valence-corrected chi connectivity index (χ1v) is 8.80. The Kier molecular flexibility index (Phi) is 6.01. The molecule has 0 aliphatic carbocycles. The van der Waals surface area contributed by atoms with Crippen molar-refractivity contribution >= 4 is 11.7 Å². The third kappa shape index (κ3) is 5.47. The molecule has 0 radical (unpaired) electrons. The van der Waals surface area contributed by atoms with Crippen molar-refractivity contribution in [1.82, 2.24) is 4.90 Å². The molecule has 1 aliphatic rings. The van der Waals surface area contributed by atoms with Gasteiger partial charge in [-0.3, -0.25) is 0 Å². The maximum absolute atomic E-state index is 12.6. The van der Waals surface area contributed by atoms with Gasteiger partial charge in [0, 0.05) is 18.8 Å². The van der Waals surface area contributed by atoms with Gasteiger partial charge < -0.3 is 15.0 Å². The van der Waals surface area contributed by atoms with Gasteiger partial charge in [-0.25, -0.2) is 4.79 Å². The first-order chi connectivity index (χ1) is 12.9. The van der Waals surface area contributed by atoms with E-state index in [0.717, 1.165) is 30.7 Å². The third-order valence-corrected chi connectivity index (χ3v) is 4.46. The summed E-state index contributed by atoms with van der Waals surface area (Å²) < 4.78 is 43.6. The van der Waals surface area contributed by atoms with E-state index in [4.69, 9.17) is 4.74 Å². The zero-order valence-electron chi connectivity index (χ0n) is 14.7. The maximum atomic E-state index is 12.6. The van der Waals surface area contributed by atoms with Gasteiger partial charge in [0.1, 0.15) is 0 Å². The lowest BCUT2D eigenvalue weighted by molar-refractivity contribution is -0.137. The van der Waals surface area contributed by atoms with Crippen molar-refractivity contribution < 1.29 is 22.7 Å². The fraction of sp³-hybridized carbons (Fsp3) is 0.350. The molecule has 2 aromatic rings. The summed E-state index contributed by atoms with van der Waals surface area (Å²) in [7, 11) is 0. The van der Waals surface area contributed by atoms with Gasteiger partial charge in [0.25, 0.3) is 0 Å². The molecule has 1 saturated heterocycles. The largest absolute Gasteiger partial charge is 0.416 e. The Labute approximate surface area is 155 Å². The van der Waals surface area contributed by atoms with Crippen molar-refractivity contribution in [2.24, 2.45) is 0 Å². The Bertz CT molecular complexity index is 748. The highest BCUT2D eigenvalue weighted by molar-refractivity contribution is 5.89. The molecule has 1 heterocycles. The molecule has 1 atom stereocenters. The summed E-state index contributed by atoms with van der Waals surface area (Å²) in [6.45, 7) is 1.33. The molecule has 0 spiro atoms. The molecule has 0 bridgehead atoms. The van der Waals surface area contributed by atoms with Crippen molar-refractivity contribution in [3.05, 3.63) is 65.7 Å². The van der Waals surface area contributed by atoms with Gasteiger partial charge in [-0.2, -0.15) is 13.2 Å². The number of urea groups is 1. The number of carbonyl (C=O) groups is 1. The molecule has 0 aromatic heterocycles. The quantitative estimate of drug-likeness (QED) is 0.821. The molecule has 2 aromatic carbocycles. The van der Waals surface area contributed by atoms with Crippen LogP contribution >= 0.6 is 0 Å². The van der Waals surface area contributed by atoms with Crippen LogP contribution in [0.15, 0.2) is 54.6 Å². The average Bonchev–Trinajstić information content (AvgIpc) is 2.67. The molecule has 4 nitrogen and oxygen atoms in total. The third-order valence-electron chi connectivity index (χ3n) is 4.46.